The summed E-state index contributed by atoms with van der Waals surface area (Å²) < 4.78 is 11.7. The first-order valence-corrected chi connectivity index (χ1v) is 20.5. The van der Waals surface area contributed by atoms with Gasteiger partial charge in [0.25, 0.3) is 0 Å². The van der Waals surface area contributed by atoms with Gasteiger partial charge in [0.2, 0.25) is 0 Å². The van der Waals surface area contributed by atoms with E-state index in [4.69, 9.17) is 9.47 Å². The lowest BCUT2D eigenvalue weighted by molar-refractivity contribution is 0.415. The summed E-state index contributed by atoms with van der Waals surface area (Å²) in [6.07, 6.45) is 0. The lowest BCUT2D eigenvalue weighted by Gasteiger charge is -2.23. The molecule has 60 heavy (non-hydrogen) atoms. The maximum atomic E-state index is 5.89. The SMILES string of the molecule is COc1cccc(-c2c3cc(-c4ccccc4)ccc3c(-c3cccc(OC)c3)c3cc4c(cc23)c(-c2ccccc2)c(-c2ccc3ccccc3c2)c2ccccc24)c1. The van der Waals surface area contributed by atoms with Crippen molar-refractivity contribution in [2.45, 2.75) is 0 Å². The Morgan fingerprint density at radius 1 is 0.233 bits per heavy atom. The second kappa shape index (κ2) is 14.6. The molecule has 0 unspecified atom stereocenters. The number of hydrogen-bond acceptors (Lipinski definition) is 2. The van der Waals surface area contributed by atoms with Crippen LogP contribution in [0, 0.1) is 0 Å². The topological polar surface area (TPSA) is 18.5 Å². The van der Waals surface area contributed by atoms with E-state index < -0.39 is 0 Å². The molecule has 11 aromatic carbocycles. The second-order valence-corrected chi connectivity index (χ2v) is 15.5. The molecule has 0 bridgehead atoms. The quantitative estimate of drug-likeness (QED) is 0.119. The highest BCUT2D eigenvalue weighted by Crippen LogP contribution is 2.51. The van der Waals surface area contributed by atoms with Crippen LogP contribution in [-0.2, 0) is 0 Å². The average molecular weight is 769 g/mol. The molecule has 11 aromatic rings. The van der Waals surface area contributed by atoms with E-state index in [1.54, 1.807) is 14.2 Å². The number of methoxy groups -OCH3 is 2. The molecule has 0 aliphatic carbocycles. The van der Waals surface area contributed by atoms with E-state index in [1.807, 2.05) is 12.1 Å². The number of hydrogen-bond donors (Lipinski definition) is 0. The Morgan fingerprint density at radius 2 is 0.700 bits per heavy atom. The molecule has 0 fully saturated rings. The van der Waals surface area contributed by atoms with E-state index >= 15 is 0 Å². The summed E-state index contributed by atoms with van der Waals surface area (Å²) in [5.74, 6) is 1.64. The van der Waals surface area contributed by atoms with Crippen LogP contribution in [0.2, 0.25) is 0 Å². The van der Waals surface area contributed by atoms with E-state index in [1.165, 1.54) is 98.4 Å². The lowest BCUT2D eigenvalue weighted by atomic mass is 9.80. The first-order chi connectivity index (χ1) is 29.7. The smallest absolute Gasteiger partial charge is 0.119 e. The molecule has 0 aromatic heterocycles. The molecule has 0 heterocycles. The number of benzene rings is 11. The van der Waals surface area contributed by atoms with Crippen molar-refractivity contribution in [2.75, 3.05) is 14.2 Å². The molecule has 11 rings (SSSR count). The fraction of sp³-hybridized carbons (Fsp3) is 0.0345. The molecule has 2 nitrogen and oxygen atoms in total. The summed E-state index contributed by atoms with van der Waals surface area (Å²) in [5, 5.41) is 12.0. The first kappa shape index (κ1) is 35.5. The zero-order chi connectivity index (χ0) is 40.2. The predicted molar refractivity (Wildman–Crippen MR) is 254 cm³/mol. The molecule has 0 spiro atoms. The summed E-state index contributed by atoms with van der Waals surface area (Å²) in [7, 11) is 3.49. The fourth-order valence-corrected chi connectivity index (χ4v) is 9.45. The van der Waals surface area contributed by atoms with Crippen LogP contribution in [-0.4, -0.2) is 14.2 Å². The third-order valence-electron chi connectivity index (χ3n) is 12.2. The van der Waals surface area contributed by atoms with Crippen LogP contribution in [0.5, 0.6) is 11.5 Å². The van der Waals surface area contributed by atoms with Gasteiger partial charge in [-0.25, -0.2) is 0 Å². The zero-order valence-electron chi connectivity index (χ0n) is 33.4. The van der Waals surface area contributed by atoms with Crippen molar-refractivity contribution in [2.24, 2.45) is 0 Å². The van der Waals surface area contributed by atoms with Gasteiger partial charge >= 0.3 is 0 Å². The highest BCUT2D eigenvalue weighted by Gasteiger charge is 2.23. The molecule has 284 valence electrons. The van der Waals surface area contributed by atoms with Crippen molar-refractivity contribution in [3.8, 4) is 67.1 Å². The van der Waals surface area contributed by atoms with E-state index in [9.17, 15) is 0 Å². The van der Waals surface area contributed by atoms with Crippen molar-refractivity contribution < 1.29 is 9.47 Å². The third-order valence-corrected chi connectivity index (χ3v) is 12.2. The third kappa shape index (κ3) is 5.88. The van der Waals surface area contributed by atoms with Crippen molar-refractivity contribution in [1.82, 2.24) is 0 Å². The largest absolute Gasteiger partial charge is 0.497 e. The fourth-order valence-electron chi connectivity index (χ4n) is 9.45. The van der Waals surface area contributed by atoms with Crippen molar-refractivity contribution in [1.29, 1.82) is 0 Å². The van der Waals surface area contributed by atoms with E-state index in [0.29, 0.717) is 0 Å². The molecule has 2 heteroatoms. The number of ether oxygens (including phenoxy) is 2. The van der Waals surface area contributed by atoms with Crippen LogP contribution >= 0.6 is 0 Å². The van der Waals surface area contributed by atoms with Gasteiger partial charge in [0.1, 0.15) is 11.5 Å². The van der Waals surface area contributed by atoms with Crippen LogP contribution in [0.25, 0.3) is 109 Å². The summed E-state index contributed by atoms with van der Waals surface area (Å²) in [6, 6.07) is 75.1. The summed E-state index contributed by atoms with van der Waals surface area (Å²) in [4.78, 5) is 0. The normalized spacial score (nSPS) is 11.5. The van der Waals surface area contributed by atoms with Gasteiger partial charge in [-0.2, -0.15) is 0 Å². The van der Waals surface area contributed by atoms with Gasteiger partial charge in [-0.3, -0.25) is 0 Å². The molecule has 0 radical (unpaired) electrons. The van der Waals surface area contributed by atoms with Gasteiger partial charge in [-0.1, -0.05) is 158 Å². The van der Waals surface area contributed by atoms with E-state index in [-0.39, 0.29) is 0 Å². The van der Waals surface area contributed by atoms with Crippen LogP contribution in [0.15, 0.2) is 206 Å². The minimum Gasteiger partial charge on any atom is -0.497 e. The molecular formula is C58H40O2. The number of fused-ring (bicyclic) bond motifs is 6. The summed E-state index contributed by atoms with van der Waals surface area (Å²) in [6.45, 7) is 0. The van der Waals surface area contributed by atoms with Crippen LogP contribution in [0.1, 0.15) is 0 Å². The Labute approximate surface area is 349 Å². The second-order valence-electron chi connectivity index (χ2n) is 15.5. The molecule has 0 N–H and O–H groups in total. The maximum absolute atomic E-state index is 5.89. The first-order valence-electron chi connectivity index (χ1n) is 20.5. The van der Waals surface area contributed by atoms with Gasteiger partial charge < -0.3 is 9.47 Å². The molecule has 0 saturated heterocycles. The Kier molecular flexibility index (Phi) is 8.64. The van der Waals surface area contributed by atoms with Gasteiger partial charge in [-0.15, -0.1) is 0 Å². The average Bonchev–Trinajstić information content (AvgIpc) is 3.32. The highest BCUT2D eigenvalue weighted by molar-refractivity contribution is 6.29. The molecule has 0 saturated carbocycles. The standard InChI is InChI=1S/C58H40O2/c1-59-45-23-13-21-42(32-45)55-49-30-29-41(37-15-5-3-6-16-37)34-51(49)56(43-22-14-24-46(33-43)60-2)54-36-52-50(35-53(54)55)47-25-11-12-26-48(47)58(57(52)39-18-7-4-8-19-39)44-28-27-38-17-9-10-20-40(38)31-44/h3-36H,1-2H3. The van der Waals surface area contributed by atoms with Gasteiger partial charge in [0, 0.05) is 0 Å². The molecule has 0 amide bonds. The lowest BCUT2D eigenvalue weighted by Crippen LogP contribution is -1.96. The van der Waals surface area contributed by atoms with Crippen LogP contribution in [0.4, 0.5) is 0 Å². The van der Waals surface area contributed by atoms with Gasteiger partial charge in [0.05, 0.1) is 14.2 Å². The van der Waals surface area contributed by atoms with Crippen molar-refractivity contribution in [3.05, 3.63) is 206 Å². The zero-order valence-corrected chi connectivity index (χ0v) is 33.4. The highest BCUT2D eigenvalue weighted by atomic mass is 16.5. The monoisotopic (exact) mass is 768 g/mol. The Hall–Kier alpha value is -7.68. The summed E-state index contributed by atoms with van der Waals surface area (Å²) >= 11 is 0. The van der Waals surface area contributed by atoms with E-state index in [0.717, 1.165) is 22.6 Å². The van der Waals surface area contributed by atoms with E-state index in [2.05, 4.69) is 194 Å². The van der Waals surface area contributed by atoms with Crippen LogP contribution in [0.3, 0.4) is 0 Å². The van der Waals surface area contributed by atoms with Crippen molar-refractivity contribution in [3.63, 3.8) is 0 Å². The molecule has 0 atom stereocenters. The van der Waals surface area contributed by atoms with Gasteiger partial charge in [0.15, 0.2) is 0 Å². The van der Waals surface area contributed by atoms with Crippen molar-refractivity contribution >= 4 is 53.9 Å². The Balaban J connectivity index is 1.38. The molecular weight excluding hydrogens is 729 g/mol. The molecule has 0 aliphatic heterocycles. The Bertz CT molecular complexity index is 3440. The minimum atomic E-state index is 0.820. The minimum absolute atomic E-state index is 0.820. The van der Waals surface area contributed by atoms with Gasteiger partial charge in [-0.05, 0) is 158 Å². The van der Waals surface area contributed by atoms with Crippen LogP contribution < -0.4 is 9.47 Å². The number of rotatable bonds is 7. The molecule has 0 aliphatic rings. The Morgan fingerprint density at radius 3 is 1.38 bits per heavy atom. The predicted octanol–water partition coefficient (Wildman–Crippen LogP) is 15.8. The maximum Gasteiger partial charge on any atom is 0.119 e. The summed E-state index contributed by atoms with van der Waals surface area (Å²) in [5.41, 5.74) is 11.7.